The van der Waals surface area contributed by atoms with Crippen molar-refractivity contribution in [3.05, 3.63) is 29.8 Å². The number of carboxylic acids is 1. The lowest BCUT2D eigenvalue weighted by Gasteiger charge is -2.57. The summed E-state index contributed by atoms with van der Waals surface area (Å²) in [6.07, 6.45) is 7.17. The van der Waals surface area contributed by atoms with E-state index in [1.807, 2.05) is 9.80 Å². The molecule has 7 rings (SSSR count). The van der Waals surface area contributed by atoms with Gasteiger partial charge in [0.15, 0.2) is 0 Å². The van der Waals surface area contributed by atoms with Gasteiger partial charge in [-0.15, -0.1) is 0 Å². The Morgan fingerprint density at radius 1 is 0.912 bits per heavy atom. The fourth-order valence-corrected chi connectivity index (χ4v) is 7.90. The standard InChI is InChI=1S/C26H31N3O5/c30-22-12-21(23(31)29(22)20-3-1-2-19(11-20)24(32)33)27-4-6-28(7-5-27)25(34)26-13-16-8-17(14-26)10-18(9-16)15-26/h1-3,11,16-18,21H,4-10,12-15H2,(H,32,33). The van der Waals surface area contributed by atoms with Crippen molar-refractivity contribution in [1.82, 2.24) is 9.80 Å². The predicted molar refractivity (Wildman–Crippen MR) is 123 cm³/mol. The molecule has 1 unspecified atom stereocenters. The first-order valence-corrected chi connectivity index (χ1v) is 12.6. The number of benzene rings is 1. The molecule has 4 saturated carbocycles. The van der Waals surface area contributed by atoms with Gasteiger partial charge in [-0.1, -0.05) is 6.07 Å². The molecule has 6 aliphatic rings. The van der Waals surface area contributed by atoms with Crippen molar-refractivity contribution < 1.29 is 24.3 Å². The van der Waals surface area contributed by atoms with E-state index in [1.165, 1.54) is 31.4 Å². The number of imide groups is 1. The quantitative estimate of drug-likeness (QED) is 0.686. The minimum absolute atomic E-state index is 0.0401. The molecule has 2 aliphatic heterocycles. The Balaban J connectivity index is 1.12. The number of nitrogens with zero attached hydrogens (tertiary/aromatic N) is 3. The van der Waals surface area contributed by atoms with E-state index in [9.17, 15) is 24.3 Å². The van der Waals surface area contributed by atoms with Crippen LogP contribution in [0.3, 0.4) is 0 Å². The van der Waals surface area contributed by atoms with E-state index < -0.39 is 12.0 Å². The minimum Gasteiger partial charge on any atom is -0.478 e. The molecule has 34 heavy (non-hydrogen) atoms. The Kier molecular flexibility index (Phi) is 5.06. The van der Waals surface area contributed by atoms with Crippen molar-refractivity contribution in [2.45, 2.75) is 51.0 Å². The maximum Gasteiger partial charge on any atom is 0.335 e. The Bertz CT molecular complexity index is 1020. The van der Waals surface area contributed by atoms with Gasteiger partial charge in [-0.3, -0.25) is 19.3 Å². The number of rotatable bonds is 4. The van der Waals surface area contributed by atoms with E-state index in [-0.39, 0.29) is 29.2 Å². The zero-order valence-electron chi connectivity index (χ0n) is 19.3. The Morgan fingerprint density at radius 2 is 1.53 bits per heavy atom. The third-order valence-corrected chi connectivity index (χ3v) is 9.01. The average Bonchev–Trinajstić information content (AvgIpc) is 3.11. The van der Waals surface area contributed by atoms with Gasteiger partial charge in [0.2, 0.25) is 11.8 Å². The number of hydrogen-bond acceptors (Lipinski definition) is 5. The van der Waals surface area contributed by atoms with Crippen LogP contribution >= 0.6 is 0 Å². The first-order valence-electron chi connectivity index (χ1n) is 12.6. The first-order chi connectivity index (χ1) is 16.3. The topological polar surface area (TPSA) is 98.2 Å². The molecule has 2 heterocycles. The Hall–Kier alpha value is -2.74. The lowest BCUT2D eigenvalue weighted by atomic mass is 9.49. The van der Waals surface area contributed by atoms with E-state index in [2.05, 4.69) is 0 Å². The maximum atomic E-state index is 13.7. The first kappa shape index (κ1) is 21.8. The predicted octanol–water partition coefficient (Wildman–Crippen LogP) is 2.38. The van der Waals surface area contributed by atoms with Gasteiger partial charge < -0.3 is 10.0 Å². The Labute approximate surface area is 198 Å². The van der Waals surface area contributed by atoms with Gasteiger partial charge >= 0.3 is 5.97 Å². The van der Waals surface area contributed by atoms with Crippen LogP contribution in [0.2, 0.25) is 0 Å². The highest BCUT2D eigenvalue weighted by Gasteiger charge is 2.56. The van der Waals surface area contributed by atoms with Crippen LogP contribution in [-0.2, 0) is 14.4 Å². The second kappa shape index (κ2) is 7.90. The molecule has 0 spiro atoms. The average molecular weight is 466 g/mol. The van der Waals surface area contributed by atoms with Crippen molar-refractivity contribution in [1.29, 1.82) is 0 Å². The lowest BCUT2D eigenvalue weighted by Crippen LogP contribution is -2.59. The third-order valence-electron chi connectivity index (χ3n) is 9.01. The van der Waals surface area contributed by atoms with E-state index in [1.54, 1.807) is 12.1 Å². The van der Waals surface area contributed by atoms with Crippen LogP contribution in [0.5, 0.6) is 0 Å². The fourth-order valence-electron chi connectivity index (χ4n) is 7.90. The summed E-state index contributed by atoms with van der Waals surface area (Å²) >= 11 is 0. The highest BCUT2D eigenvalue weighted by Crippen LogP contribution is 2.60. The maximum absolute atomic E-state index is 13.7. The zero-order valence-corrected chi connectivity index (χ0v) is 19.3. The highest BCUT2D eigenvalue weighted by atomic mass is 16.4. The second-order valence-corrected chi connectivity index (χ2v) is 11.2. The number of piperazine rings is 1. The van der Waals surface area contributed by atoms with Gasteiger partial charge in [-0.05, 0) is 74.5 Å². The van der Waals surface area contributed by atoms with E-state index >= 15 is 0 Å². The van der Waals surface area contributed by atoms with Crippen LogP contribution < -0.4 is 4.90 Å². The van der Waals surface area contributed by atoms with Crippen molar-refractivity contribution in [2.75, 3.05) is 31.1 Å². The summed E-state index contributed by atoms with van der Waals surface area (Å²) in [4.78, 5) is 56.0. The SMILES string of the molecule is O=C(O)c1cccc(N2C(=O)CC(N3CCN(C(=O)C45CC6CC(CC(C6)C4)C5)CC3)C2=O)c1. The summed E-state index contributed by atoms with van der Waals surface area (Å²) in [5.74, 6) is 0.778. The molecule has 1 aromatic rings. The molecule has 4 aliphatic carbocycles. The number of hydrogen-bond donors (Lipinski definition) is 1. The van der Waals surface area contributed by atoms with Gasteiger partial charge in [0.1, 0.15) is 0 Å². The molecular weight excluding hydrogens is 434 g/mol. The number of amides is 3. The largest absolute Gasteiger partial charge is 0.478 e. The molecule has 1 atom stereocenters. The number of carbonyl (C=O) groups is 4. The van der Waals surface area contributed by atoms with Crippen LogP contribution in [0.1, 0.15) is 55.3 Å². The molecule has 1 N–H and O–H groups in total. The normalized spacial score (nSPS) is 35.3. The van der Waals surface area contributed by atoms with Crippen molar-refractivity contribution in [3.8, 4) is 0 Å². The molecule has 2 saturated heterocycles. The minimum atomic E-state index is -1.10. The second-order valence-electron chi connectivity index (χ2n) is 11.2. The van der Waals surface area contributed by atoms with Crippen molar-refractivity contribution in [3.63, 3.8) is 0 Å². The van der Waals surface area contributed by atoms with Gasteiger partial charge in [0.05, 0.1) is 29.1 Å². The van der Waals surface area contributed by atoms with Gasteiger partial charge in [-0.25, -0.2) is 9.69 Å². The van der Waals surface area contributed by atoms with Crippen LogP contribution in [-0.4, -0.2) is 70.8 Å². The molecule has 180 valence electrons. The van der Waals surface area contributed by atoms with Crippen LogP contribution in [0.25, 0.3) is 0 Å². The van der Waals surface area contributed by atoms with Crippen LogP contribution in [0, 0.1) is 23.2 Å². The number of aromatic carboxylic acids is 1. The molecular formula is C26H31N3O5. The summed E-state index contributed by atoms with van der Waals surface area (Å²) < 4.78 is 0. The van der Waals surface area contributed by atoms with Gasteiger partial charge in [0.25, 0.3) is 5.91 Å². The van der Waals surface area contributed by atoms with Crippen molar-refractivity contribution >= 4 is 29.4 Å². The van der Waals surface area contributed by atoms with E-state index in [0.717, 1.165) is 41.9 Å². The molecule has 1 aromatic carbocycles. The molecule has 8 heteroatoms. The summed E-state index contributed by atoms with van der Waals surface area (Å²) in [7, 11) is 0. The zero-order chi connectivity index (χ0) is 23.6. The van der Waals surface area contributed by atoms with E-state index in [0.29, 0.717) is 37.8 Å². The third kappa shape index (κ3) is 3.45. The fraction of sp³-hybridized carbons (Fsp3) is 0.615. The highest BCUT2D eigenvalue weighted by molar-refractivity contribution is 6.22. The van der Waals surface area contributed by atoms with Gasteiger partial charge in [0, 0.05) is 26.2 Å². The monoisotopic (exact) mass is 465 g/mol. The molecule has 6 fully saturated rings. The lowest BCUT2D eigenvalue weighted by molar-refractivity contribution is -0.159. The van der Waals surface area contributed by atoms with Crippen LogP contribution in [0.15, 0.2) is 24.3 Å². The molecule has 0 radical (unpaired) electrons. The summed E-state index contributed by atoms with van der Waals surface area (Å²) in [5, 5.41) is 9.25. The van der Waals surface area contributed by atoms with Crippen LogP contribution in [0.4, 0.5) is 5.69 Å². The molecule has 0 aromatic heterocycles. The number of anilines is 1. The summed E-state index contributed by atoms with van der Waals surface area (Å²) in [6.45, 7) is 2.33. The number of carbonyl (C=O) groups excluding carboxylic acids is 3. The molecule has 3 amide bonds. The van der Waals surface area contributed by atoms with E-state index in [4.69, 9.17) is 0 Å². The molecule has 4 bridgehead atoms. The Morgan fingerprint density at radius 3 is 2.12 bits per heavy atom. The van der Waals surface area contributed by atoms with Crippen molar-refractivity contribution in [2.24, 2.45) is 23.2 Å². The smallest absolute Gasteiger partial charge is 0.335 e. The van der Waals surface area contributed by atoms with Gasteiger partial charge in [-0.2, -0.15) is 0 Å². The molecule has 8 nitrogen and oxygen atoms in total. The summed E-state index contributed by atoms with van der Waals surface area (Å²) in [6, 6.07) is 5.38. The number of carboxylic acid groups (broad SMARTS) is 1. The summed E-state index contributed by atoms with van der Waals surface area (Å²) in [5.41, 5.74) is 0.188.